The van der Waals surface area contributed by atoms with Crippen molar-refractivity contribution >= 4 is 40.6 Å². The number of para-hydroxylation sites is 1. The van der Waals surface area contributed by atoms with Crippen molar-refractivity contribution < 1.29 is 19.4 Å². The molecule has 1 atom stereocenters. The molecule has 1 aliphatic rings. The molecule has 160 valence electrons. The Labute approximate surface area is 186 Å². The van der Waals surface area contributed by atoms with Crippen molar-refractivity contribution in [2.45, 2.75) is 51.7 Å². The van der Waals surface area contributed by atoms with Crippen LogP contribution in [0.15, 0.2) is 36.4 Å². The van der Waals surface area contributed by atoms with Crippen molar-refractivity contribution in [3.05, 3.63) is 57.6 Å². The van der Waals surface area contributed by atoms with Gasteiger partial charge in [0.25, 0.3) is 5.91 Å². The van der Waals surface area contributed by atoms with Crippen LogP contribution in [0.2, 0.25) is 10.0 Å². The maximum atomic E-state index is 13.3. The van der Waals surface area contributed by atoms with E-state index < -0.39 is 11.5 Å². The molecule has 2 aromatic rings. The number of unbranched alkanes of at least 4 members (excludes halogenated alkanes) is 2. The van der Waals surface area contributed by atoms with Crippen LogP contribution < -0.4 is 9.64 Å². The summed E-state index contributed by atoms with van der Waals surface area (Å²) < 4.78 is 5.93. The van der Waals surface area contributed by atoms with E-state index in [0.29, 0.717) is 23.6 Å². The molecule has 0 aromatic heterocycles. The predicted molar refractivity (Wildman–Crippen MR) is 118 cm³/mol. The zero-order valence-corrected chi connectivity index (χ0v) is 18.6. The quantitative estimate of drug-likeness (QED) is 0.529. The molecule has 5 nitrogen and oxygen atoms in total. The second-order valence-corrected chi connectivity index (χ2v) is 8.34. The van der Waals surface area contributed by atoms with Crippen molar-refractivity contribution in [2.24, 2.45) is 0 Å². The molecule has 0 radical (unpaired) electrons. The summed E-state index contributed by atoms with van der Waals surface area (Å²) in [5, 5.41) is 11.6. The highest BCUT2D eigenvalue weighted by Gasteiger charge is 2.51. The number of ether oxygens (including phenoxy) is 1. The van der Waals surface area contributed by atoms with Crippen LogP contribution in [-0.2, 0) is 21.7 Å². The molecule has 1 unspecified atom stereocenters. The van der Waals surface area contributed by atoms with Gasteiger partial charge in [0.05, 0.1) is 28.9 Å². The fourth-order valence-electron chi connectivity index (χ4n) is 3.74. The molecule has 7 heteroatoms. The fourth-order valence-corrected chi connectivity index (χ4v) is 4.16. The van der Waals surface area contributed by atoms with Gasteiger partial charge in [-0.1, -0.05) is 67.2 Å². The third kappa shape index (κ3) is 4.34. The van der Waals surface area contributed by atoms with E-state index in [1.165, 1.54) is 17.9 Å². The van der Waals surface area contributed by atoms with E-state index in [1.807, 2.05) is 24.3 Å². The molecule has 0 bridgehead atoms. The lowest BCUT2D eigenvalue weighted by atomic mass is 9.90. The Kier molecular flexibility index (Phi) is 7.06. The maximum absolute atomic E-state index is 13.3. The molecule has 0 aliphatic carbocycles. The van der Waals surface area contributed by atoms with Gasteiger partial charge in [-0.3, -0.25) is 9.59 Å². The first kappa shape index (κ1) is 22.6. The molecule has 0 saturated heterocycles. The Morgan fingerprint density at radius 1 is 1.17 bits per heavy atom. The van der Waals surface area contributed by atoms with E-state index in [1.54, 1.807) is 6.07 Å². The van der Waals surface area contributed by atoms with E-state index >= 15 is 0 Å². The number of carbonyl (C=O) groups excluding carboxylic acids is 2. The van der Waals surface area contributed by atoms with Crippen molar-refractivity contribution in [2.75, 3.05) is 11.5 Å². The van der Waals surface area contributed by atoms with Crippen molar-refractivity contribution in [1.29, 1.82) is 0 Å². The normalized spacial score (nSPS) is 17.9. The summed E-state index contributed by atoms with van der Waals surface area (Å²) in [5.41, 5.74) is -0.569. The Balaban J connectivity index is 1.97. The number of nitrogens with zero attached hydrogens (tertiary/aromatic N) is 1. The molecule has 30 heavy (non-hydrogen) atoms. The zero-order valence-electron chi connectivity index (χ0n) is 17.1. The minimum atomic E-state index is -1.97. The van der Waals surface area contributed by atoms with Crippen LogP contribution in [0.1, 0.15) is 50.7 Å². The van der Waals surface area contributed by atoms with Crippen LogP contribution >= 0.6 is 23.2 Å². The van der Waals surface area contributed by atoms with Gasteiger partial charge in [0.15, 0.2) is 5.60 Å². The summed E-state index contributed by atoms with van der Waals surface area (Å²) in [4.78, 5) is 26.5. The summed E-state index contributed by atoms with van der Waals surface area (Å²) in [5.74, 6) is -0.231. The first-order valence-corrected chi connectivity index (χ1v) is 10.8. The van der Waals surface area contributed by atoms with E-state index in [2.05, 4.69) is 6.92 Å². The zero-order chi connectivity index (χ0) is 21.9. The van der Waals surface area contributed by atoms with E-state index in [4.69, 9.17) is 27.9 Å². The highest BCUT2D eigenvalue weighted by atomic mass is 35.5. The number of carbonyl (C=O) groups is 2. The predicted octanol–water partition coefficient (Wildman–Crippen LogP) is 5.28. The summed E-state index contributed by atoms with van der Waals surface area (Å²) in [6, 6.07) is 10.5. The number of fused-ring (bicyclic) bond motifs is 1. The molecule has 2 aromatic carbocycles. The molecule has 0 fully saturated rings. The maximum Gasteiger partial charge on any atom is 0.264 e. The van der Waals surface area contributed by atoms with Crippen LogP contribution in [0.4, 0.5) is 5.69 Å². The second kappa shape index (κ2) is 9.38. The van der Waals surface area contributed by atoms with Crippen molar-refractivity contribution in [3.8, 4) is 5.75 Å². The van der Waals surface area contributed by atoms with Gasteiger partial charge in [0.1, 0.15) is 11.5 Å². The van der Waals surface area contributed by atoms with Gasteiger partial charge in [-0.05, 0) is 25.5 Å². The summed E-state index contributed by atoms with van der Waals surface area (Å²) in [7, 11) is 0. The van der Waals surface area contributed by atoms with Crippen LogP contribution in [-0.4, -0.2) is 23.4 Å². The third-order valence-electron chi connectivity index (χ3n) is 5.19. The number of aliphatic hydroxyl groups is 1. The monoisotopic (exact) mass is 449 g/mol. The van der Waals surface area contributed by atoms with Gasteiger partial charge < -0.3 is 14.7 Å². The van der Waals surface area contributed by atoms with Gasteiger partial charge >= 0.3 is 0 Å². The van der Waals surface area contributed by atoms with E-state index in [9.17, 15) is 14.7 Å². The minimum absolute atomic E-state index is 0.135. The van der Waals surface area contributed by atoms with Crippen LogP contribution in [0.3, 0.4) is 0 Å². The molecule has 1 amide bonds. The van der Waals surface area contributed by atoms with Gasteiger partial charge in [0.2, 0.25) is 0 Å². The van der Waals surface area contributed by atoms with Crippen molar-refractivity contribution in [3.63, 3.8) is 0 Å². The molecule has 3 rings (SSSR count). The molecule has 0 saturated carbocycles. The first-order chi connectivity index (χ1) is 14.3. The number of rotatable bonds is 9. The Morgan fingerprint density at radius 3 is 2.60 bits per heavy atom. The molecular formula is C23H25Cl2NO4. The van der Waals surface area contributed by atoms with Gasteiger partial charge in [0, 0.05) is 17.5 Å². The molecule has 1 aliphatic heterocycles. The van der Waals surface area contributed by atoms with Crippen LogP contribution in [0.5, 0.6) is 5.75 Å². The van der Waals surface area contributed by atoms with Gasteiger partial charge in [-0.15, -0.1) is 0 Å². The van der Waals surface area contributed by atoms with E-state index in [-0.39, 0.29) is 28.8 Å². The topological polar surface area (TPSA) is 66.8 Å². The Bertz CT molecular complexity index is 962. The number of benzene rings is 2. The largest absolute Gasteiger partial charge is 0.493 e. The number of hydrogen-bond acceptors (Lipinski definition) is 4. The minimum Gasteiger partial charge on any atom is -0.493 e. The summed E-state index contributed by atoms with van der Waals surface area (Å²) >= 11 is 12.6. The van der Waals surface area contributed by atoms with Crippen molar-refractivity contribution in [1.82, 2.24) is 0 Å². The first-order valence-electron chi connectivity index (χ1n) is 10.0. The van der Waals surface area contributed by atoms with Crippen LogP contribution in [0, 0.1) is 0 Å². The smallest absolute Gasteiger partial charge is 0.264 e. The average molecular weight is 450 g/mol. The molecule has 1 heterocycles. The molecule has 0 spiro atoms. The number of ketones is 1. The highest BCUT2D eigenvalue weighted by Crippen LogP contribution is 2.49. The number of hydrogen-bond donors (Lipinski definition) is 1. The van der Waals surface area contributed by atoms with Gasteiger partial charge in [-0.2, -0.15) is 0 Å². The number of Topliss-reactive ketones (excluding diaryl/α,β-unsaturated/α-hetero) is 1. The number of amides is 1. The standard InChI is InChI=1S/C23H25Cl2NO4/c1-3-4-7-12-30-19-9-6-5-8-16(19)14-26-21-17(10-11-18(24)20(21)25)23(29,22(26)28)13-15(2)27/h5-6,8-11,29H,3-4,7,12-14H2,1-2H3. The SMILES string of the molecule is CCCCCOc1ccccc1CN1C(=O)C(O)(CC(C)=O)c2ccc(Cl)c(Cl)c21. The third-order valence-corrected chi connectivity index (χ3v) is 5.99. The average Bonchev–Trinajstić information content (AvgIpc) is 2.90. The lowest BCUT2D eigenvalue weighted by Crippen LogP contribution is -2.41. The van der Waals surface area contributed by atoms with Gasteiger partial charge in [-0.25, -0.2) is 0 Å². The number of anilines is 1. The van der Waals surface area contributed by atoms with E-state index in [0.717, 1.165) is 24.8 Å². The Morgan fingerprint density at radius 2 is 1.90 bits per heavy atom. The lowest BCUT2D eigenvalue weighted by Gasteiger charge is -2.23. The fraction of sp³-hybridized carbons (Fsp3) is 0.391. The second-order valence-electron chi connectivity index (χ2n) is 7.55. The summed E-state index contributed by atoms with van der Waals surface area (Å²) in [6.07, 6.45) is 2.78. The Hall–Kier alpha value is -2.08. The molecular weight excluding hydrogens is 425 g/mol. The van der Waals surface area contributed by atoms with Crippen LogP contribution in [0.25, 0.3) is 0 Å². The highest BCUT2D eigenvalue weighted by molar-refractivity contribution is 6.44. The lowest BCUT2D eigenvalue weighted by molar-refractivity contribution is -0.141. The summed E-state index contributed by atoms with van der Waals surface area (Å²) in [6.45, 7) is 4.18. The number of halogens is 2. The molecule has 1 N–H and O–H groups in total.